The first kappa shape index (κ1) is 17.6. The van der Waals surface area contributed by atoms with Crippen molar-refractivity contribution in [3.63, 3.8) is 0 Å². The van der Waals surface area contributed by atoms with Crippen LogP contribution in [0.2, 0.25) is 0 Å². The van der Waals surface area contributed by atoms with Gasteiger partial charge in [-0.2, -0.15) is 5.10 Å². The Balaban J connectivity index is 2.95. The number of hydrogen-bond donors (Lipinski definition) is 1. The second-order valence-electron chi connectivity index (χ2n) is 5.63. The third kappa shape index (κ3) is 4.03. The Bertz CT molecular complexity index is 492. The van der Waals surface area contributed by atoms with Gasteiger partial charge in [-0.3, -0.25) is 9.48 Å². The monoisotopic (exact) mass is 310 g/mol. The summed E-state index contributed by atoms with van der Waals surface area (Å²) in [6.07, 6.45) is 6.84. The van der Waals surface area contributed by atoms with Gasteiger partial charge >= 0.3 is 0 Å². The van der Waals surface area contributed by atoms with E-state index in [-0.39, 0.29) is 5.91 Å². The van der Waals surface area contributed by atoms with E-state index in [4.69, 9.17) is 18.0 Å². The van der Waals surface area contributed by atoms with Gasteiger partial charge in [0.2, 0.25) is 5.91 Å². The molecule has 0 spiro atoms. The number of amides is 1. The molecule has 0 atom stereocenters. The minimum atomic E-state index is -0.713. The molecule has 0 aliphatic carbocycles. The van der Waals surface area contributed by atoms with Gasteiger partial charge in [0.15, 0.2) is 0 Å². The van der Waals surface area contributed by atoms with E-state index < -0.39 is 5.41 Å². The molecule has 0 fully saturated rings. The van der Waals surface area contributed by atoms with Crippen LogP contribution in [-0.2, 0) is 18.4 Å². The van der Waals surface area contributed by atoms with Crippen molar-refractivity contribution in [3.05, 3.63) is 18.0 Å². The van der Waals surface area contributed by atoms with Gasteiger partial charge in [-0.1, -0.05) is 38.9 Å². The number of carbonyl (C=O) groups excluding carboxylic acids is 1. The van der Waals surface area contributed by atoms with E-state index in [1.807, 2.05) is 13.2 Å². The summed E-state index contributed by atoms with van der Waals surface area (Å²) in [5.74, 6) is 0.0163. The van der Waals surface area contributed by atoms with Gasteiger partial charge in [0, 0.05) is 32.4 Å². The molecule has 0 saturated carbocycles. The Kier molecular flexibility index (Phi) is 6.33. The van der Waals surface area contributed by atoms with Crippen LogP contribution in [0.4, 0.5) is 0 Å². The third-order valence-corrected chi connectivity index (χ3v) is 4.15. The lowest BCUT2D eigenvalue weighted by molar-refractivity contribution is -0.138. The summed E-state index contributed by atoms with van der Waals surface area (Å²) < 4.78 is 1.73. The van der Waals surface area contributed by atoms with Crippen LogP contribution >= 0.6 is 12.2 Å². The highest BCUT2D eigenvalue weighted by molar-refractivity contribution is 7.80. The Labute approximate surface area is 132 Å². The molecule has 0 unspecified atom stereocenters. The largest absolute Gasteiger partial charge is 0.392 e. The number of aromatic nitrogens is 2. The van der Waals surface area contributed by atoms with Gasteiger partial charge in [0.1, 0.15) is 0 Å². The molecule has 0 aromatic carbocycles. The minimum absolute atomic E-state index is 0.0163. The standard InChI is InChI=1S/C15H26N4OS/c1-5-7-15(8-6-2,13(16)21)14(20)18(3)10-12-9-17-19(4)11-12/h9,11H,5-8,10H2,1-4H3,(H2,16,21). The zero-order valence-corrected chi connectivity index (χ0v) is 14.2. The molecule has 1 aromatic rings. The van der Waals surface area contributed by atoms with E-state index in [0.717, 1.165) is 18.4 Å². The summed E-state index contributed by atoms with van der Waals surface area (Å²) in [6.45, 7) is 4.62. The Morgan fingerprint density at radius 2 is 2.00 bits per heavy atom. The molecule has 2 N–H and O–H groups in total. The first-order valence-corrected chi connectivity index (χ1v) is 7.81. The molecular weight excluding hydrogens is 284 g/mol. The lowest BCUT2D eigenvalue weighted by atomic mass is 9.77. The van der Waals surface area contributed by atoms with Crippen LogP contribution in [0.1, 0.15) is 45.1 Å². The second kappa shape index (κ2) is 7.54. The van der Waals surface area contributed by atoms with Crippen molar-refractivity contribution in [3.8, 4) is 0 Å². The summed E-state index contributed by atoms with van der Waals surface area (Å²) in [5, 5.41) is 4.13. The molecule has 0 bridgehead atoms. The van der Waals surface area contributed by atoms with Gasteiger partial charge in [0.05, 0.1) is 16.6 Å². The number of nitrogens with two attached hydrogens (primary N) is 1. The fraction of sp³-hybridized carbons (Fsp3) is 0.667. The molecule has 118 valence electrons. The normalized spacial score (nSPS) is 11.4. The molecule has 0 saturated heterocycles. The zero-order valence-electron chi connectivity index (χ0n) is 13.4. The molecule has 0 aliphatic heterocycles. The fourth-order valence-corrected chi connectivity index (χ4v) is 3.10. The van der Waals surface area contributed by atoms with Gasteiger partial charge in [-0.25, -0.2) is 0 Å². The minimum Gasteiger partial charge on any atom is -0.392 e. The molecule has 5 nitrogen and oxygen atoms in total. The van der Waals surface area contributed by atoms with Crippen molar-refractivity contribution in [2.75, 3.05) is 7.05 Å². The molecule has 0 radical (unpaired) electrons. The van der Waals surface area contributed by atoms with Crippen LogP contribution in [0.3, 0.4) is 0 Å². The maximum absolute atomic E-state index is 12.9. The molecule has 0 aliphatic rings. The van der Waals surface area contributed by atoms with Crippen molar-refractivity contribution in [1.29, 1.82) is 0 Å². The van der Waals surface area contributed by atoms with Crippen LogP contribution in [0.15, 0.2) is 12.4 Å². The van der Waals surface area contributed by atoms with Crippen LogP contribution < -0.4 is 5.73 Å². The summed E-state index contributed by atoms with van der Waals surface area (Å²) in [5.41, 5.74) is 6.23. The number of hydrogen-bond acceptors (Lipinski definition) is 3. The molecule has 1 aromatic heterocycles. The molecule has 21 heavy (non-hydrogen) atoms. The van der Waals surface area contributed by atoms with E-state index in [0.29, 0.717) is 24.4 Å². The first-order chi connectivity index (χ1) is 9.87. The van der Waals surface area contributed by atoms with Crippen LogP contribution in [0.25, 0.3) is 0 Å². The van der Waals surface area contributed by atoms with Gasteiger partial charge in [-0.05, 0) is 12.8 Å². The first-order valence-electron chi connectivity index (χ1n) is 7.40. The molecule has 1 amide bonds. The average molecular weight is 310 g/mol. The molecule has 6 heteroatoms. The van der Waals surface area contributed by atoms with Crippen LogP contribution in [0, 0.1) is 5.41 Å². The van der Waals surface area contributed by atoms with Crippen molar-refractivity contribution in [1.82, 2.24) is 14.7 Å². The number of aryl methyl sites for hydroxylation is 1. The van der Waals surface area contributed by atoms with Gasteiger partial charge in [-0.15, -0.1) is 0 Å². The molecule has 1 heterocycles. The quantitative estimate of drug-likeness (QED) is 0.748. The second-order valence-corrected chi connectivity index (χ2v) is 6.07. The predicted molar refractivity (Wildman–Crippen MR) is 88.7 cm³/mol. The maximum Gasteiger partial charge on any atom is 0.235 e. The maximum atomic E-state index is 12.9. The van der Waals surface area contributed by atoms with Crippen molar-refractivity contribution < 1.29 is 4.79 Å². The summed E-state index contributed by atoms with van der Waals surface area (Å²) >= 11 is 5.24. The average Bonchev–Trinajstić information content (AvgIpc) is 2.82. The van der Waals surface area contributed by atoms with Crippen molar-refractivity contribution in [2.45, 2.75) is 46.1 Å². The summed E-state index contributed by atoms with van der Waals surface area (Å²) in [4.78, 5) is 15.0. The Morgan fingerprint density at radius 1 is 1.43 bits per heavy atom. The predicted octanol–water partition coefficient (Wildman–Crippen LogP) is 2.25. The smallest absolute Gasteiger partial charge is 0.235 e. The van der Waals surface area contributed by atoms with E-state index in [2.05, 4.69) is 18.9 Å². The third-order valence-electron chi connectivity index (χ3n) is 3.76. The van der Waals surface area contributed by atoms with Gasteiger partial charge in [0.25, 0.3) is 0 Å². The Morgan fingerprint density at radius 3 is 2.38 bits per heavy atom. The number of thiocarbonyl (C=S) groups is 1. The van der Waals surface area contributed by atoms with Gasteiger partial charge < -0.3 is 10.6 Å². The molecule has 1 rings (SSSR count). The summed E-state index contributed by atoms with van der Waals surface area (Å²) in [7, 11) is 3.66. The number of carbonyl (C=O) groups is 1. The van der Waals surface area contributed by atoms with Crippen molar-refractivity contribution >= 4 is 23.1 Å². The summed E-state index contributed by atoms with van der Waals surface area (Å²) in [6, 6.07) is 0. The topological polar surface area (TPSA) is 64.2 Å². The van der Waals surface area contributed by atoms with Crippen LogP contribution in [-0.4, -0.2) is 32.6 Å². The van der Waals surface area contributed by atoms with E-state index in [1.54, 1.807) is 22.8 Å². The van der Waals surface area contributed by atoms with Crippen LogP contribution in [0.5, 0.6) is 0 Å². The lowest BCUT2D eigenvalue weighted by Gasteiger charge is -2.34. The molecular formula is C15H26N4OS. The lowest BCUT2D eigenvalue weighted by Crippen LogP contribution is -2.49. The fourth-order valence-electron chi connectivity index (χ4n) is 2.81. The SMILES string of the molecule is CCCC(CCC)(C(=O)N(C)Cc1cnn(C)c1)C(N)=S. The van der Waals surface area contributed by atoms with E-state index in [9.17, 15) is 4.79 Å². The number of nitrogens with zero attached hydrogens (tertiary/aromatic N) is 3. The highest BCUT2D eigenvalue weighted by Gasteiger charge is 2.41. The zero-order chi connectivity index (χ0) is 16.0. The highest BCUT2D eigenvalue weighted by atomic mass is 32.1. The van der Waals surface area contributed by atoms with Crippen molar-refractivity contribution in [2.24, 2.45) is 18.2 Å². The number of rotatable bonds is 8. The highest BCUT2D eigenvalue weighted by Crippen LogP contribution is 2.33. The Hall–Kier alpha value is -1.43. The van der Waals surface area contributed by atoms with E-state index in [1.165, 1.54) is 0 Å². The van der Waals surface area contributed by atoms with E-state index >= 15 is 0 Å².